The van der Waals surface area contributed by atoms with Gasteiger partial charge in [-0.3, -0.25) is 9.59 Å². The SMILES string of the molecule is COc1cc(C[C@]2(C)[C@@H](COC(=O)CCCCCNC(=O)OC(C)(C)C)CC[C@]3(C)C(=O)CCC[C@@H]23)c(Cl)c(OC)c1. The Morgan fingerprint density at radius 3 is 2.48 bits per heavy atom. The summed E-state index contributed by atoms with van der Waals surface area (Å²) >= 11 is 6.81. The molecule has 1 amide bonds. The molecule has 0 aromatic heterocycles. The van der Waals surface area contributed by atoms with Crippen molar-refractivity contribution in [3.05, 3.63) is 22.7 Å². The van der Waals surface area contributed by atoms with E-state index < -0.39 is 17.1 Å². The second kappa shape index (κ2) is 14.3. The number of unbranched alkanes of at least 4 members (excludes halogenated alkanes) is 2. The molecule has 1 aromatic carbocycles. The van der Waals surface area contributed by atoms with Gasteiger partial charge in [0.2, 0.25) is 0 Å². The van der Waals surface area contributed by atoms with Crippen molar-refractivity contribution >= 4 is 29.4 Å². The molecule has 2 fully saturated rings. The highest BCUT2D eigenvalue weighted by atomic mass is 35.5. The average Bonchev–Trinajstić information content (AvgIpc) is 2.91. The number of ketones is 1. The number of hydrogen-bond acceptors (Lipinski definition) is 7. The van der Waals surface area contributed by atoms with Crippen molar-refractivity contribution in [3.8, 4) is 11.5 Å². The molecule has 0 heterocycles. The molecular weight excluding hydrogens is 558 g/mol. The van der Waals surface area contributed by atoms with Crippen LogP contribution in [-0.4, -0.2) is 50.8 Å². The average molecular weight is 608 g/mol. The Hall–Kier alpha value is -2.48. The van der Waals surface area contributed by atoms with Gasteiger partial charge in [-0.1, -0.05) is 31.9 Å². The number of hydrogen-bond donors (Lipinski definition) is 1. The molecule has 8 nitrogen and oxygen atoms in total. The molecule has 2 saturated carbocycles. The fourth-order valence-electron chi connectivity index (χ4n) is 7.04. The highest BCUT2D eigenvalue weighted by Gasteiger charge is 2.57. The van der Waals surface area contributed by atoms with E-state index in [1.165, 1.54) is 0 Å². The van der Waals surface area contributed by atoms with Gasteiger partial charge >= 0.3 is 12.1 Å². The summed E-state index contributed by atoms with van der Waals surface area (Å²) in [6.07, 6.45) is 6.83. The molecular formula is C33H50ClNO7. The van der Waals surface area contributed by atoms with Crippen LogP contribution in [-0.2, 0) is 25.5 Å². The first-order chi connectivity index (χ1) is 19.7. The zero-order chi connectivity index (χ0) is 31.1. The molecule has 2 aliphatic carbocycles. The minimum atomic E-state index is -0.527. The Morgan fingerprint density at radius 1 is 1.07 bits per heavy atom. The highest BCUT2D eigenvalue weighted by Crippen LogP contribution is 2.60. The van der Waals surface area contributed by atoms with Gasteiger partial charge in [-0.15, -0.1) is 0 Å². The van der Waals surface area contributed by atoms with Gasteiger partial charge in [0.1, 0.15) is 22.9 Å². The van der Waals surface area contributed by atoms with Crippen molar-refractivity contribution in [2.24, 2.45) is 22.7 Å². The minimum Gasteiger partial charge on any atom is -0.497 e. The van der Waals surface area contributed by atoms with Crippen LogP contribution in [0.4, 0.5) is 4.79 Å². The van der Waals surface area contributed by atoms with Gasteiger partial charge in [0.25, 0.3) is 0 Å². The van der Waals surface area contributed by atoms with E-state index in [1.807, 2.05) is 26.8 Å². The Morgan fingerprint density at radius 2 is 1.81 bits per heavy atom. The number of halogens is 1. The fraction of sp³-hybridized carbons (Fsp3) is 0.727. The molecule has 0 bridgehead atoms. The third kappa shape index (κ3) is 8.33. The number of methoxy groups -OCH3 is 2. The van der Waals surface area contributed by atoms with E-state index >= 15 is 0 Å². The molecule has 236 valence electrons. The fourth-order valence-corrected chi connectivity index (χ4v) is 7.29. The van der Waals surface area contributed by atoms with E-state index in [-0.39, 0.29) is 23.2 Å². The molecule has 1 N–H and O–H groups in total. The summed E-state index contributed by atoms with van der Waals surface area (Å²) in [5.74, 6) is 1.57. The van der Waals surface area contributed by atoms with Crippen LogP contribution < -0.4 is 14.8 Å². The normalized spacial score (nSPS) is 25.8. The highest BCUT2D eigenvalue weighted by molar-refractivity contribution is 6.32. The maximum Gasteiger partial charge on any atom is 0.407 e. The van der Waals surface area contributed by atoms with Crippen molar-refractivity contribution in [1.82, 2.24) is 5.32 Å². The zero-order valence-electron chi connectivity index (χ0n) is 26.5. The summed E-state index contributed by atoms with van der Waals surface area (Å²) in [5, 5.41) is 3.29. The molecule has 1 aromatic rings. The number of carbonyl (C=O) groups excluding carboxylic acids is 3. The molecule has 3 rings (SSSR count). The van der Waals surface area contributed by atoms with Gasteiger partial charge in [0.05, 0.1) is 25.8 Å². The van der Waals surface area contributed by atoms with E-state index in [0.717, 1.165) is 44.1 Å². The lowest BCUT2D eigenvalue weighted by molar-refractivity contribution is -0.160. The van der Waals surface area contributed by atoms with Crippen LogP contribution in [0.15, 0.2) is 12.1 Å². The van der Waals surface area contributed by atoms with E-state index in [9.17, 15) is 14.4 Å². The van der Waals surface area contributed by atoms with Crippen molar-refractivity contribution in [2.45, 2.75) is 104 Å². The quantitative estimate of drug-likeness (QED) is 0.196. The van der Waals surface area contributed by atoms with Gasteiger partial charge in [-0.2, -0.15) is 0 Å². The van der Waals surface area contributed by atoms with Crippen LogP contribution in [0.1, 0.15) is 98.0 Å². The number of carbonyl (C=O) groups is 3. The number of rotatable bonds is 12. The van der Waals surface area contributed by atoms with Crippen LogP contribution in [0.3, 0.4) is 0 Å². The molecule has 2 aliphatic rings. The Balaban J connectivity index is 1.64. The first kappa shape index (κ1) is 34.0. The first-order valence-electron chi connectivity index (χ1n) is 15.3. The maximum absolute atomic E-state index is 13.2. The molecule has 9 heteroatoms. The van der Waals surface area contributed by atoms with E-state index in [4.69, 9.17) is 30.5 Å². The van der Waals surface area contributed by atoms with Crippen LogP contribution in [0.5, 0.6) is 11.5 Å². The van der Waals surface area contributed by atoms with E-state index in [0.29, 0.717) is 61.1 Å². The second-order valence-electron chi connectivity index (χ2n) is 13.4. The lowest BCUT2D eigenvalue weighted by Crippen LogP contribution is -2.55. The number of nitrogens with one attached hydrogen (secondary N) is 1. The summed E-state index contributed by atoms with van der Waals surface area (Å²) in [5.41, 5.74) is -0.331. The number of Topliss-reactive ketones (excluding diaryl/α,β-unsaturated/α-hetero) is 1. The van der Waals surface area contributed by atoms with E-state index in [1.54, 1.807) is 20.3 Å². The molecule has 0 saturated heterocycles. The Bertz CT molecular complexity index is 1120. The summed E-state index contributed by atoms with van der Waals surface area (Å²) in [4.78, 5) is 37.8. The predicted molar refractivity (Wildman–Crippen MR) is 163 cm³/mol. The van der Waals surface area contributed by atoms with Crippen molar-refractivity contribution < 1.29 is 33.3 Å². The van der Waals surface area contributed by atoms with E-state index in [2.05, 4.69) is 19.2 Å². The van der Waals surface area contributed by atoms with Crippen LogP contribution in [0.2, 0.25) is 5.02 Å². The maximum atomic E-state index is 13.2. The predicted octanol–water partition coefficient (Wildman–Crippen LogP) is 7.32. The van der Waals surface area contributed by atoms with Crippen LogP contribution in [0.25, 0.3) is 0 Å². The molecule has 0 aliphatic heterocycles. The monoisotopic (exact) mass is 607 g/mol. The number of esters is 1. The van der Waals surface area contributed by atoms with Crippen molar-refractivity contribution in [3.63, 3.8) is 0 Å². The van der Waals surface area contributed by atoms with Gasteiger partial charge in [0.15, 0.2) is 0 Å². The number of ether oxygens (including phenoxy) is 4. The third-order valence-electron chi connectivity index (χ3n) is 9.33. The summed E-state index contributed by atoms with van der Waals surface area (Å²) < 4.78 is 22.2. The Labute approximate surface area is 256 Å². The molecule has 0 unspecified atom stereocenters. The standard InChI is InChI=1S/C33H50ClNO7/c1-31(2,3)42-30(38)35-17-10-8-9-14-28(37)41-21-23-15-16-32(4)26(12-11-13-27(32)36)33(23,5)20-22-18-24(39-6)19-25(40-7)29(22)34/h18-19,23,26H,8-17,20-21H2,1-7H3,(H,35,38)/t23-,26-,32+,33-/m1/s1. The second-order valence-corrected chi connectivity index (χ2v) is 13.8. The van der Waals surface area contributed by atoms with Gasteiger partial charge in [-0.25, -0.2) is 4.79 Å². The molecule has 42 heavy (non-hydrogen) atoms. The van der Waals surface area contributed by atoms with Gasteiger partial charge in [-0.05, 0) is 94.6 Å². The number of amides is 1. The summed E-state index contributed by atoms with van der Waals surface area (Å²) in [6, 6.07) is 3.73. The van der Waals surface area contributed by atoms with Gasteiger partial charge < -0.3 is 24.3 Å². The largest absolute Gasteiger partial charge is 0.497 e. The number of alkyl carbamates (subject to hydrolysis) is 1. The Kier molecular flexibility index (Phi) is 11.6. The molecule has 4 atom stereocenters. The van der Waals surface area contributed by atoms with Gasteiger partial charge in [0, 0.05) is 30.9 Å². The lowest BCUT2D eigenvalue weighted by Gasteiger charge is -2.57. The topological polar surface area (TPSA) is 100 Å². The third-order valence-corrected chi connectivity index (χ3v) is 9.76. The summed E-state index contributed by atoms with van der Waals surface area (Å²) in [6.45, 7) is 10.7. The minimum absolute atomic E-state index is 0.0803. The number of benzene rings is 1. The number of fused-ring (bicyclic) bond motifs is 1. The lowest BCUT2D eigenvalue weighted by atomic mass is 9.46. The smallest absolute Gasteiger partial charge is 0.407 e. The summed E-state index contributed by atoms with van der Waals surface area (Å²) in [7, 11) is 3.20. The first-order valence-corrected chi connectivity index (χ1v) is 15.7. The van der Waals surface area contributed by atoms with Crippen LogP contribution in [0, 0.1) is 22.7 Å². The van der Waals surface area contributed by atoms with Crippen molar-refractivity contribution in [2.75, 3.05) is 27.4 Å². The van der Waals surface area contributed by atoms with Crippen LogP contribution >= 0.6 is 11.6 Å². The zero-order valence-corrected chi connectivity index (χ0v) is 27.3. The molecule has 0 spiro atoms. The van der Waals surface area contributed by atoms with Crippen molar-refractivity contribution in [1.29, 1.82) is 0 Å². The molecule has 0 radical (unpaired) electrons.